The summed E-state index contributed by atoms with van der Waals surface area (Å²) in [4.78, 5) is 20.5. The molecule has 9 heteroatoms. The zero-order valence-corrected chi connectivity index (χ0v) is 20.1. The fourth-order valence-electron chi connectivity index (χ4n) is 3.91. The molecule has 0 unspecified atom stereocenters. The minimum atomic E-state index is -0.254. The van der Waals surface area contributed by atoms with Gasteiger partial charge < -0.3 is 25.0 Å². The summed E-state index contributed by atoms with van der Waals surface area (Å²) in [6, 6.07) is 11.4. The zero-order chi connectivity index (χ0) is 23.5. The van der Waals surface area contributed by atoms with Gasteiger partial charge >= 0.3 is 0 Å². The number of morpholine rings is 1. The fourth-order valence-corrected chi connectivity index (χ4v) is 4.52. The third-order valence-electron chi connectivity index (χ3n) is 5.71. The molecule has 0 spiro atoms. The molecule has 1 aliphatic heterocycles. The number of ether oxygens (including phenoxy) is 2. The number of aryl methyl sites for hydroxylation is 1. The number of benzene rings is 2. The number of hydrogen-bond acceptors (Lipinski definition) is 6. The lowest BCUT2D eigenvalue weighted by molar-refractivity contribution is -0.117. The Hall–Kier alpha value is -2.58. The van der Waals surface area contributed by atoms with Crippen molar-refractivity contribution in [1.82, 2.24) is 4.98 Å². The summed E-state index contributed by atoms with van der Waals surface area (Å²) in [5.74, 6) is 0.380. The van der Waals surface area contributed by atoms with Crippen LogP contribution in [0.1, 0.15) is 11.3 Å². The number of hydrogen-bond donors (Lipinski definition) is 1. The van der Waals surface area contributed by atoms with E-state index in [0.29, 0.717) is 40.3 Å². The fraction of sp³-hybridized carbons (Fsp3) is 0.333. The van der Waals surface area contributed by atoms with Crippen LogP contribution < -0.4 is 20.3 Å². The maximum Gasteiger partial charge on any atom is 0.240 e. The van der Waals surface area contributed by atoms with E-state index < -0.39 is 0 Å². The van der Waals surface area contributed by atoms with E-state index in [2.05, 4.69) is 11.0 Å². The van der Waals surface area contributed by atoms with Gasteiger partial charge in [-0.05, 0) is 31.2 Å². The van der Waals surface area contributed by atoms with Crippen molar-refractivity contribution in [3.8, 4) is 5.75 Å². The highest BCUT2D eigenvalue weighted by molar-refractivity contribution is 6.38. The molecule has 3 aromatic rings. The van der Waals surface area contributed by atoms with Gasteiger partial charge in [-0.3, -0.25) is 4.79 Å². The van der Waals surface area contributed by atoms with Crippen LogP contribution in [-0.4, -0.2) is 50.8 Å². The third-order valence-corrected chi connectivity index (χ3v) is 6.48. The van der Waals surface area contributed by atoms with Gasteiger partial charge in [-0.1, -0.05) is 35.3 Å². The summed E-state index contributed by atoms with van der Waals surface area (Å²) in [7, 11) is 1.62. The van der Waals surface area contributed by atoms with Gasteiger partial charge in [0, 0.05) is 47.5 Å². The molecular weight excluding hydrogens is 463 g/mol. The molecule has 2 N–H and O–H groups in total. The molecule has 33 heavy (non-hydrogen) atoms. The second-order valence-corrected chi connectivity index (χ2v) is 8.62. The van der Waals surface area contributed by atoms with Crippen molar-refractivity contribution in [3.05, 3.63) is 57.7 Å². The zero-order valence-electron chi connectivity index (χ0n) is 18.6. The van der Waals surface area contributed by atoms with Gasteiger partial charge in [-0.15, -0.1) is 0 Å². The van der Waals surface area contributed by atoms with Crippen molar-refractivity contribution in [2.75, 3.05) is 49.7 Å². The minimum Gasteiger partial charge on any atom is -0.487 e. The Kier molecular flexibility index (Phi) is 7.24. The first-order valence-corrected chi connectivity index (χ1v) is 11.5. The first-order valence-electron chi connectivity index (χ1n) is 10.7. The van der Waals surface area contributed by atoms with E-state index in [4.69, 9.17) is 43.4 Å². The molecule has 174 valence electrons. The number of likely N-dealkylation sites (N-methyl/N-ethyl adjacent to an activating group) is 1. The van der Waals surface area contributed by atoms with E-state index in [0.717, 1.165) is 35.4 Å². The predicted octanol–water partition coefficient (Wildman–Crippen LogP) is 4.19. The number of rotatable bonds is 6. The Morgan fingerprint density at radius 1 is 1.24 bits per heavy atom. The van der Waals surface area contributed by atoms with Crippen LogP contribution in [0, 0.1) is 6.92 Å². The Bertz CT molecular complexity index is 1180. The van der Waals surface area contributed by atoms with Gasteiger partial charge in [0.1, 0.15) is 17.9 Å². The summed E-state index contributed by atoms with van der Waals surface area (Å²) >= 11 is 13.0. The molecule has 0 saturated carbocycles. The molecule has 1 aromatic heterocycles. The number of aromatic nitrogens is 1. The molecule has 0 radical (unpaired) electrons. The molecule has 1 fully saturated rings. The van der Waals surface area contributed by atoms with Gasteiger partial charge in [-0.25, -0.2) is 4.98 Å². The van der Waals surface area contributed by atoms with Crippen molar-refractivity contribution in [1.29, 1.82) is 0 Å². The standard InChI is InChI=1S/C24H26Cl2N4O3/c1-15-12-20(30-8-10-32-11-9-30)16-4-3-5-21(24(16)28-15)33-14-17-18(25)6-7-19(23(17)26)29(2)22(31)13-27/h3-7,12H,8-11,13-14,27H2,1-2H3. The van der Waals surface area contributed by atoms with Crippen LogP contribution in [0.5, 0.6) is 5.75 Å². The number of nitrogens with two attached hydrogens (primary N) is 1. The van der Waals surface area contributed by atoms with Crippen LogP contribution in [0.2, 0.25) is 10.0 Å². The van der Waals surface area contributed by atoms with E-state index in [9.17, 15) is 4.79 Å². The van der Waals surface area contributed by atoms with E-state index in [1.165, 1.54) is 4.90 Å². The summed E-state index contributed by atoms with van der Waals surface area (Å²) < 4.78 is 11.7. The second-order valence-electron chi connectivity index (χ2n) is 7.84. The highest BCUT2D eigenvalue weighted by Crippen LogP contribution is 2.36. The number of fused-ring (bicyclic) bond motifs is 1. The lowest BCUT2D eigenvalue weighted by Gasteiger charge is -2.30. The van der Waals surface area contributed by atoms with E-state index >= 15 is 0 Å². The first kappa shape index (κ1) is 23.6. The van der Waals surface area contributed by atoms with Crippen LogP contribution in [0.25, 0.3) is 10.9 Å². The maximum absolute atomic E-state index is 12.0. The highest BCUT2D eigenvalue weighted by Gasteiger charge is 2.20. The number of carbonyl (C=O) groups excluding carboxylic acids is 1. The van der Waals surface area contributed by atoms with Crippen LogP contribution in [0.3, 0.4) is 0 Å². The van der Waals surface area contributed by atoms with Crippen molar-refractivity contribution in [3.63, 3.8) is 0 Å². The molecule has 2 heterocycles. The smallest absolute Gasteiger partial charge is 0.240 e. The molecule has 7 nitrogen and oxygen atoms in total. The molecule has 1 saturated heterocycles. The average molecular weight is 489 g/mol. The van der Waals surface area contributed by atoms with Gasteiger partial charge in [0.2, 0.25) is 5.91 Å². The monoisotopic (exact) mass is 488 g/mol. The lowest BCUT2D eigenvalue weighted by atomic mass is 10.1. The molecule has 1 aliphatic rings. The Morgan fingerprint density at radius 3 is 2.73 bits per heavy atom. The largest absolute Gasteiger partial charge is 0.487 e. The van der Waals surface area contributed by atoms with Gasteiger partial charge in [0.15, 0.2) is 0 Å². The average Bonchev–Trinajstić information content (AvgIpc) is 2.83. The van der Waals surface area contributed by atoms with Gasteiger partial charge in [-0.2, -0.15) is 0 Å². The molecule has 0 aliphatic carbocycles. The number of halogens is 2. The summed E-state index contributed by atoms with van der Waals surface area (Å²) in [5, 5.41) is 1.82. The Labute approximate surface area is 203 Å². The number of nitrogens with zero attached hydrogens (tertiary/aromatic N) is 3. The molecule has 0 atom stereocenters. The van der Waals surface area contributed by atoms with Gasteiger partial charge in [0.05, 0.1) is 30.5 Å². The normalized spacial score (nSPS) is 13.9. The van der Waals surface area contributed by atoms with Crippen molar-refractivity contribution < 1.29 is 14.3 Å². The first-order chi connectivity index (χ1) is 15.9. The predicted molar refractivity (Wildman–Crippen MR) is 133 cm³/mol. The molecule has 0 bridgehead atoms. The topological polar surface area (TPSA) is 80.9 Å². The highest BCUT2D eigenvalue weighted by atomic mass is 35.5. The summed E-state index contributed by atoms with van der Waals surface area (Å²) in [5.41, 5.74) is 9.40. The number of amides is 1. The number of anilines is 2. The van der Waals surface area contributed by atoms with Crippen LogP contribution in [-0.2, 0) is 16.1 Å². The van der Waals surface area contributed by atoms with Gasteiger partial charge in [0.25, 0.3) is 0 Å². The van der Waals surface area contributed by atoms with Crippen molar-refractivity contribution in [2.45, 2.75) is 13.5 Å². The van der Waals surface area contributed by atoms with E-state index in [1.807, 2.05) is 25.1 Å². The molecule has 2 aromatic carbocycles. The molecule has 1 amide bonds. The maximum atomic E-state index is 12.0. The Balaban J connectivity index is 1.67. The SMILES string of the molecule is Cc1cc(N2CCOCC2)c2cccc(OCc3c(Cl)ccc(N(C)C(=O)CN)c3Cl)c2n1. The van der Waals surface area contributed by atoms with E-state index in [-0.39, 0.29) is 19.1 Å². The van der Waals surface area contributed by atoms with Crippen LogP contribution in [0.4, 0.5) is 11.4 Å². The molecular formula is C24H26Cl2N4O3. The Morgan fingerprint density at radius 2 is 2.00 bits per heavy atom. The lowest BCUT2D eigenvalue weighted by Crippen LogP contribution is -2.36. The van der Waals surface area contributed by atoms with Crippen LogP contribution in [0.15, 0.2) is 36.4 Å². The van der Waals surface area contributed by atoms with Crippen LogP contribution >= 0.6 is 23.2 Å². The van der Waals surface area contributed by atoms with E-state index in [1.54, 1.807) is 19.2 Å². The molecule has 4 rings (SSSR count). The van der Waals surface area contributed by atoms with Crippen molar-refractivity contribution >= 4 is 51.4 Å². The van der Waals surface area contributed by atoms with Crippen molar-refractivity contribution in [2.24, 2.45) is 5.73 Å². The number of pyridine rings is 1. The second kappa shape index (κ2) is 10.1. The summed E-state index contributed by atoms with van der Waals surface area (Å²) in [6.07, 6.45) is 0. The number of para-hydroxylation sites is 1. The number of carbonyl (C=O) groups is 1. The minimum absolute atomic E-state index is 0.117. The summed E-state index contributed by atoms with van der Waals surface area (Å²) in [6.45, 7) is 5.04. The quantitative estimate of drug-likeness (QED) is 0.560. The third kappa shape index (κ3) is 4.87.